The summed E-state index contributed by atoms with van der Waals surface area (Å²) in [6, 6.07) is 0. The number of aliphatic hydroxyl groups is 1. The zero-order chi connectivity index (χ0) is 5.56. The molecule has 2 saturated heterocycles. The van der Waals surface area contributed by atoms with E-state index in [0.29, 0.717) is 5.92 Å². The smallest absolute Gasteiger partial charge is 0.0707 e. The predicted octanol–water partition coefficient (Wildman–Crippen LogP) is -0.317. The van der Waals surface area contributed by atoms with Gasteiger partial charge in [0.25, 0.3) is 0 Å². The molecule has 1 unspecified atom stereocenters. The molecule has 0 spiro atoms. The van der Waals surface area contributed by atoms with Crippen molar-refractivity contribution in [1.29, 1.82) is 0 Å². The van der Waals surface area contributed by atoms with Gasteiger partial charge < -0.3 is 10.0 Å². The van der Waals surface area contributed by atoms with Crippen LogP contribution in [0.15, 0.2) is 0 Å². The second kappa shape index (κ2) is 1.45. The van der Waals surface area contributed by atoms with E-state index in [-0.39, 0.29) is 6.10 Å². The summed E-state index contributed by atoms with van der Waals surface area (Å²) in [5.74, 6) is 0.620. The highest BCUT2D eigenvalue weighted by atomic mass is 16.3. The third kappa shape index (κ3) is 0.501. The number of fused-ring (bicyclic) bond motifs is 2. The quantitative estimate of drug-likeness (QED) is 0.465. The second-order valence-corrected chi connectivity index (χ2v) is 2.88. The fourth-order valence-electron chi connectivity index (χ4n) is 1.76. The highest BCUT2D eigenvalue weighted by Gasteiger charge is 2.36. The van der Waals surface area contributed by atoms with Crippen LogP contribution in [0.4, 0.5) is 0 Å². The van der Waals surface area contributed by atoms with E-state index in [1.807, 2.05) is 0 Å². The van der Waals surface area contributed by atoms with Crippen LogP contribution in [0, 0.1) is 5.92 Å². The van der Waals surface area contributed by atoms with E-state index in [2.05, 4.69) is 4.90 Å². The van der Waals surface area contributed by atoms with Crippen LogP contribution in [-0.2, 0) is 0 Å². The van der Waals surface area contributed by atoms with E-state index >= 15 is 0 Å². The number of nitrogens with zero attached hydrogens (tertiary/aromatic N) is 1. The van der Waals surface area contributed by atoms with Gasteiger partial charge in [0.15, 0.2) is 0 Å². The molecule has 2 heteroatoms. The summed E-state index contributed by atoms with van der Waals surface area (Å²) in [5, 5.41) is 9.18. The van der Waals surface area contributed by atoms with Crippen LogP contribution < -0.4 is 0 Å². The summed E-state index contributed by atoms with van der Waals surface area (Å²) in [4.78, 5) is 2.33. The molecule has 0 aromatic heterocycles. The van der Waals surface area contributed by atoms with Crippen molar-refractivity contribution in [1.82, 2.24) is 4.90 Å². The molecule has 0 aliphatic carbocycles. The summed E-state index contributed by atoms with van der Waals surface area (Å²) in [6.07, 6.45) is 1.23. The average molecular weight is 113 g/mol. The van der Waals surface area contributed by atoms with Crippen molar-refractivity contribution in [2.45, 2.75) is 12.5 Å². The lowest BCUT2D eigenvalue weighted by molar-refractivity contribution is 0.118. The largest absolute Gasteiger partial charge is 0.391 e. The van der Waals surface area contributed by atoms with E-state index in [9.17, 15) is 5.11 Å². The first kappa shape index (κ1) is 4.77. The van der Waals surface area contributed by atoms with Crippen molar-refractivity contribution in [2.24, 2.45) is 5.92 Å². The Hall–Kier alpha value is -0.0800. The first-order chi connectivity index (χ1) is 3.86. The van der Waals surface area contributed by atoms with Crippen molar-refractivity contribution >= 4 is 0 Å². The fraction of sp³-hybridized carbons (Fsp3) is 1.00. The van der Waals surface area contributed by atoms with Crippen molar-refractivity contribution in [3.05, 3.63) is 0 Å². The van der Waals surface area contributed by atoms with Gasteiger partial charge in [-0.15, -0.1) is 0 Å². The van der Waals surface area contributed by atoms with Gasteiger partial charge in [0.2, 0.25) is 0 Å². The third-order valence-corrected chi connectivity index (χ3v) is 2.30. The van der Waals surface area contributed by atoms with Gasteiger partial charge in [0.1, 0.15) is 0 Å². The molecule has 0 aromatic carbocycles. The summed E-state index contributed by atoms with van der Waals surface area (Å²) in [6.45, 7) is 3.31. The summed E-state index contributed by atoms with van der Waals surface area (Å²) >= 11 is 0. The zero-order valence-electron chi connectivity index (χ0n) is 4.88. The van der Waals surface area contributed by atoms with Crippen LogP contribution in [0.2, 0.25) is 0 Å². The maximum Gasteiger partial charge on any atom is 0.0707 e. The van der Waals surface area contributed by atoms with Gasteiger partial charge in [-0.3, -0.25) is 0 Å². The minimum atomic E-state index is 0.00347. The van der Waals surface area contributed by atoms with Crippen LogP contribution in [0.25, 0.3) is 0 Å². The first-order valence-electron chi connectivity index (χ1n) is 3.26. The minimum absolute atomic E-state index is 0.00347. The van der Waals surface area contributed by atoms with Crippen LogP contribution >= 0.6 is 0 Å². The van der Waals surface area contributed by atoms with E-state index < -0.39 is 0 Å². The van der Waals surface area contributed by atoms with Crippen molar-refractivity contribution < 1.29 is 5.11 Å². The standard InChI is InChI=1S/C6H11NO/c8-6-4-7-2-1-5(6)3-7/h5-6,8H,1-4H2/t5-,6+/m0/s1. The molecule has 0 amide bonds. The molecule has 2 rings (SSSR count). The lowest BCUT2D eigenvalue weighted by Gasteiger charge is -2.15. The summed E-state index contributed by atoms with van der Waals surface area (Å²) in [7, 11) is 0. The second-order valence-electron chi connectivity index (χ2n) is 2.88. The Balaban J connectivity index is 2.11. The van der Waals surface area contributed by atoms with E-state index in [4.69, 9.17) is 0 Å². The molecule has 2 fully saturated rings. The van der Waals surface area contributed by atoms with E-state index in [0.717, 1.165) is 13.1 Å². The Kier molecular flexibility index (Phi) is 0.866. The van der Waals surface area contributed by atoms with Crippen molar-refractivity contribution in [2.75, 3.05) is 19.6 Å². The van der Waals surface area contributed by atoms with Gasteiger partial charge in [-0.1, -0.05) is 0 Å². The predicted molar refractivity (Wildman–Crippen MR) is 30.6 cm³/mol. The summed E-state index contributed by atoms with van der Waals surface area (Å²) < 4.78 is 0. The topological polar surface area (TPSA) is 23.5 Å². The molecule has 2 nitrogen and oxygen atoms in total. The first-order valence-corrected chi connectivity index (χ1v) is 3.26. The maximum absolute atomic E-state index is 9.18. The third-order valence-electron chi connectivity index (χ3n) is 2.30. The Labute approximate surface area is 49.1 Å². The molecule has 0 aromatic rings. The van der Waals surface area contributed by atoms with Crippen molar-refractivity contribution in [3.8, 4) is 0 Å². The number of rotatable bonds is 0. The van der Waals surface area contributed by atoms with Gasteiger partial charge in [0, 0.05) is 19.0 Å². The molecule has 2 bridgehead atoms. The van der Waals surface area contributed by atoms with E-state index in [1.165, 1.54) is 13.0 Å². The average Bonchev–Trinajstić information content (AvgIpc) is 2.23. The molecule has 3 atom stereocenters. The fourth-order valence-corrected chi connectivity index (χ4v) is 1.76. The van der Waals surface area contributed by atoms with Crippen LogP contribution in [-0.4, -0.2) is 35.7 Å². The molecular formula is C6H11NO. The monoisotopic (exact) mass is 113 g/mol. The van der Waals surface area contributed by atoms with Gasteiger partial charge in [-0.2, -0.15) is 0 Å². The van der Waals surface area contributed by atoms with Crippen molar-refractivity contribution in [3.63, 3.8) is 0 Å². The molecule has 2 heterocycles. The normalized spacial score (nSPS) is 52.9. The molecule has 2 aliphatic rings. The molecule has 8 heavy (non-hydrogen) atoms. The lowest BCUT2D eigenvalue weighted by Crippen LogP contribution is -2.26. The Bertz CT molecular complexity index is 103. The molecule has 46 valence electrons. The highest BCUT2D eigenvalue weighted by Crippen LogP contribution is 2.27. The van der Waals surface area contributed by atoms with Gasteiger partial charge >= 0.3 is 0 Å². The maximum atomic E-state index is 9.18. The van der Waals surface area contributed by atoms with Gasteiger partial charge in [-0.25, -0.2) is 0 Å². The number of piperidine rings is 1. The number of hydrogen-bond donors (Lipinski definition) is 1. The van der Waals surface area contributed by atoms with E-state index in [1.54, 1.807) is 0 Å². The van der Waals surface area contributed by atoms with Crippen LogP contribution in [0.3, 0.4) is 0 Å². The zero-order valence-corrected chi connectivity index (χ0v) is 4.88. The minimum Gasteiger partial charge on any atom is -0.391 e. The van der Waals surface area contributed by atoms with Crippen LogP contribution in [0.1, 0.15) is 6.42 Å². The molecule has 0 saturated carbocycles. The van der Waals surface area contributed by atoms with Gasteiger partial charge in [0.05, 0.1) is 6.10 Å². The van der Waals surface area contributed by atoms with Gasteiger partial charge in [-0.05, 0) is 13.0 Å². The molecule has 1 N–H and O–H groups in total. The SMILES string of the molecule is O[C@@H]1CN2CC[C@H]1C2. The Morgan fingerprint density at radius 1 is 1.38 bits per heavy atom. The Morgan fingerprint density at radius 3 is 2.50 bits per heavy atom. The summed E-state index contributed by atoms with van der Waals surface area (Å²) in [5.41, 5.74) is 0. The highest BCUT2D eigenvalue weighted by molar-refractivity contribution is 4.89. The number of hydrogen-bond acceptors (Lipinski definition) is 2. The number of aliphatic hydroxyl groups excluding tert-OH is 1. The Morgan fingerprint density at radius 2 is 2.25 bits per heavy atom. The van der Waals surface area contributed by atoms with Crippen LogP contribution in [0.5, 0.6) is 0 Å². The molecule has 2 aliphatic heterocycles. The lowest BCUT2D eigenvalue weighted by atomic mass is 10.0. The molecule has 0 radical (unpaired) electrons. The molecular weight excluding hydrogens is 102 g/mol.